The summed E-state index contributed by atoms with van der Waals surface area (Å²) in [7, 11) is 0. The van der Waals surface area contributed by atoms with Crippen molar-refractivity contribution in [3.8, 4) is 33.4 Å². The molecular weight excluding hydrogens is 659 g/mol. The molecule has 0 fully saturated rings. The second-order valence-corrected chi connectivity index (χ2v) is 13.2. The van der Waals surface area contributed by atoms with Gasteiger partial charge in [0.05, 0.1) is 6.54 Å². The third kappa shape index (κ3) is 6.31. The van der Waals surface area contributed by atoms with Crippen molar-refractivity contribution in [2.24, 2.45) is 15.0 Å². The first-order valence-corrected chi connectivity index (χ1v) is 18.1. The van der Waals surface area contributed by atoms with E-state index in [9.17, 15) is 0 Å². The van der Waals surface area contributed by atoms with Crippen LogP contribution in [0, 0.1) is 0 Å². The molecule has 4 nitrogen and oxygen atoms in total. The molecule has 0 unspecified atom stereocenters. The maximum Gasteiger partial charge on any atom is 0.161 e. The predicted molar refractivity (Wildman–Crippen MR) is 227 cm³/mol. The van der Waals surface area contributed by atoms with Crippen molar-refractivity contribution in [1.29, 1.82) is 0 Å². The standard InChI is InChI=1S/C50H35N3O/c1-51-50(44-25-13-27-46-48(44)47-43(24-12-26-45(47)54-46)40-21-10-20-39(32-40)35-16-6-3-7-17-35)53-49(52-33-34-14-4-2-5-15-34)38-30-28-37(29-31-38)42-23-11-19-36-18-8-9-22-41(36)42/h2-32H,1,33H2. The van der Waals surface area contributed by atoms with Gasteiger partial charge in [0.2, 0.25) is 0 Å². The molecule has 0 radical (unpaired) electrons. The van der Waals surface area contributed by atoms with Crippen LogP contribution >= 0.6 is 0 Å². The molecule has 0 N–H and O–H groups in total. The van der Waals surface area contributed by atoms with Crippen LogP contribution in [0.5, 0.6) is 0 Å². The van der Waals surface area contributed by atoms with E-state index < -0.39 is 0 Å². The van der Waals surface area contributed by atoms with Gasteiger partial charge in [-0.1, -0.05) is 170 Å². The number of rotatable bonds is 7. The van der Waals surface area contributed by atoms with E-state index in [1.165, 1.54) is 21.9 Å². The molecule has 0 saturated heterocycles. The molecular formula is C50H35N3O. The first-order valence-electron chi connectivity index (χ1n) is 18.1. The Morgan fingerprint density at radius 1 is 0.481 bits per heavy atom. The molecule has 0 aliphatic rings. The first kappa shape index (κ1) is 32.7. The SMILES string of the molecule is C=NC(=NC(=NCc1ccccc1)c1ccc(-c2cccc3ccccc23)cc1)c1cccc2oc3cccc(-c4cccc(-c5ccccc5)c4)c3c12. The molecule has 0 bridgehead atoms. The summed E-state index contributed by atoms with van der Waals surface area (Å²) in [5.74, 6) is 1.05. The Kier molecular flexibility index (Phi) is 8.76. The highest BCUT2D eigenvalue weighted by molar-refractivity contribution is 6.24. The number of furan rings is 1. The molecule has 1 heterocycles. The van der Waals surface area contributed by atoms with Crippen LogP contribution in [0.1, 0.15) is 16.7 Å². The molecule has 256 valence electrons. The molecule has 9 aromatic rings. The summed E-state index contributed by atoms with van der Waals surface area (Å²) in [6, 6.07) is 64.9. The van der Waals surface area contributed by atoms with Crippen molar-refractivity contribution >= 4 is 51.1 Å². The highest BCUT2D eigenvalue weighted by Gasteiger charge is 2.19. The van der Waals surface area contributed by atoms with Crippen LogP contribution < -0.4 is 0 Å². The highest BCUT2D eigenvalue weighted by Crippen LogP contribution is 2.39. The second-order valence-electron chi connectivity index (χ2n) is 13.2. The van der Waals surface area contributed by atoms with Gasteiger partial charge in [0.15, 0.2) is 11.7 Å². The zero-order valence-electron chi connectivity index (χ0n) is 29.6. The van der Waals surface area contributed by atoms with Crippen LogP contribution in [0.15, 0.2) is 207 Å². The molecule has 0 aliphatic carbocycles. The lowest BCUT2D eigenvalue weighted by molar-refractivity contribution is 0.669. The van der Waals surface area contributed by atoms with Gasteiger partial charge in [-0.25, -0.2) is 9.98 Å². The molecule has 0 spiro atoms. The van der Waals surface area contributed by atoms with Gasteiger partial charge in [-0.3, -0.25) is 4.99 Å². The predicted octanol–water partition coefficient (Wildman–Crippen LogP) is 12.8. The van der Waals surface area contributed by atoms with Gasteiger partial charge in [0.25, 0.3) is 0 Å². The lowest BCUT2D eigenvalue weighted by atomic mass is 9.94. The van der Waals surface area contributed by atoms with Gasteiger partial charge in [-0.05, 0) is 74.6 Å². The van der Waals surface area contributed by atoms with Crippen molar-refractivity contribution in [2.75, 3.05) is 0 Å². The molecule has 0 saturated carbocycles. The maximum atomic E-state index is 6.50. The number of hydrogen-bond donors (Lipinski definition) is 0. The minimum atomic E-state index is 0.468. The fraction of sp³-hybridized carbons (Fsp3) is 0.0200. The summed E-state index contributed by atoms with van der Waals surface area (Å²) in [6.45, 7) is 4.48. The van der Waals surface area contributed by atoms with Crippen molar-refractivity contribution in [3.63, 3.8) is 0 Å². The summed E-state index contributed by atoms with van der Waals surface area (Å²) in [4.78, 5) is 14.8. The third-order valence-corrected chi connectivity index (χ3v) is 9.90. The molecule has 4 heteroatoms. The van der Waals surface area contributed by atoms with Gasteiger partial charge in [0, 0.05) is 21.9 Å². The maximum absolute atomic E-state index is 6.50. The summed E-state index contributed by atoms with van der Waals surface area (Å²) < 4.78 is 6.50. The zero-order chi connectivity index (χ0) is 36.3. The minimum absolute atomic E-state index is 0.468. The van der Waals surface area contributed by atoms with E-state index in [1.807, 2.05) is 54.6 Å². The van der Waals surface area contributed by atoms with Gasteiger partial charge >= 0.3 is 0 Å². The van der Waals surface area contributed by atoms with E-state index in [0.29, 0.717) is 18.2 Å². The van der Waals surface area contributed by atoms with E-state index in [-0.39, 0.29) is 0 Å². The smallest absolute Gasteiger partial charge is 0.161 e. The lowest BCUT2D eigenvalue weighted by Gasteiger charge is -2.10. The largest absolute Gasteiger partial charge is 0.456 e. The van der Waals surface area contributed by atoms with Crippen LogP contribution in [-0.4, -0.2) is 18.4 Å². The first-order chi connectivity index (χ1) is 26.7. The van der Waals surface area contributed by atoms with Crippen LogP contribution in [0.2, 0.25) is 0 Å². The summed E-state index contributed by atoms with van der Waals surface area (Å²) in [5.41, 5.74) is 11.2. The molecule has 0 atom stereocenters. The topological polar surface area (TPSA) is 50.2 Å². The molecule has 0 amide bonds. The fourth-order valence-corrected chi connectivity index (χ4v) is 7.29. The normalized spacial score (nSPS) is 12.1. The Balaban J connectivity index is 1.18. The van der Waals surface area contributed by atoms with Crippen molar-refractivity contribution in [1.82, 2.24) is 0 Å². The van der Waals surface area contributed by atoms with Crippen LogP contribution in [0.3, 0.4) is 0 Å². The monoisotopic (exact) mass is 693 g/mol. The van der Waals surface area contributed by atoms with E-state index in [0.717, 1.165) is 60.9 Å². The molecule has 9 rings (SSSR count). The Morgan fingerprint density at radius 2 is 1.11 bits per heavy atom. The van der Waals surface area contributed by atoms with Crippen molar-refractivity contribution in [3.05, 3.63) is 205 Å². The Hall–Kier alpha value is -7.17. The summed E-state index contributed by atoms with van der Waals surface area (Å²) >= 11 is 0. The second kappa shape index (κ2) is 14.5. The Labute approximate surface area is 314 Å². The summed E-state index contributed by atoms with van der Waals surface area (Å²) in [5, 5.41) is 4.37. The van der Waals surface area contributed by atoms with Crippen LogP contribution in [0.25, 0.3) is 66.1 Å². The average molecular weight is 694 g/mol. The van der Waals surface area contributed by atoms with Crippen LogP contribution in [0.4, 0.5) is 0 Å². The number of benzene rings is 8. The zero-order valence-corrected chi connectivity index (χ0v) is 29.6. The van der Waals surface area contributed by atoms with E-state index >= 15 is 0 Å². The van der Waals surface area contributed by atoms with Gasteiger partial charge < -0.3 is 4.42 Å². The average Bonchev–Trinajstić information content (AvgIpc) is 3.64. The highest BCUT2D eigenvalue weighted by atomic mass is 16.3. The lowest BCUT2D eigenvalue weighted by Crippen LogP contribution is -2.06. The third-order valence-electron chi connectivity index (χ3n) is 9.90. The number of fused-ring (bicyclic) bond motifs is 4. The van der Waals surface area contributed by atoms with E-state index in [4.69, 9.17) is 14.4 Å². The van der Waals surface area contributed by atoms with Gasteiger partial charge in [0.1, 0.15) is 11.2 Å². The number of hydrogen-bond acceptors (Lipinski definition) is 2. The molecule has 1 aromatic heterocycles. The molecule has 8 aromatic carbocycles. The van der Waals surface area contributed by atoms with E-state index in [1.54, 1.807) is 0 Å². The summed E-state index contributed by atoms with van der Waals surface area (Å²) in [6.07, 6.45) is 0. The van der Waals surface area contributed by atoms with Crippen LogP contribution in [-0.2, 0) is 6.54 Å². The van der Waals surface area contributed by atoms with E-state index in [2.05, 4.69) is 145 Å². The van der Waals surface area contributed by atoms with Crippen molar-refractivity contribution in [2.45, 2.75) is 6.54 Å². The van der Waals surface area contributed by atoms with Gasteiger partial charge in [-0.15, -0.1) is 0 Å². The number of amidine groups is 2. The van der Waals surface area contributed by atoms with Crippen molar-refractivity contribution < 1.29 is 4.42 Å². The Morgan fingerprint density at radius 3 is 1.93 bits per heavy atom. The molecule has 0 aliphatic heterocycles. The quantitative estimate of drug-likeness (QED) is 0.121. The van der Waals surface area contributed by atoms with Gasteiger partial charge in [-0.2, -0.15) is 0 Å². The fourth-order valence-electron chi connectivity index (χ4n) is 7.29. The minimum Gasteiger partial charge on any atom is -0.456 e. The molecule has 54 heavy (non-hydrogen) atoms. The Bertz CT molecular complexity index is 2840. The number of aliphatic imine (C=N–C) groups is 3. The number of nitrogens with zero attached hydrogens (tertiary/aromatic N) is 3.